The number of rotatable bonds is 3. The van der Waals surface area contributed by atoms with Crippen molar-refractivity contribution < 1.29 is 44.3 Å². The largest absolute Gasteiger partial charge is 1.00 e. The second-order valence-electron chi connectivity index (χ2n) is 3.75. The van der Waals surface area contributed by atoms with Gasteiger partial charge in [0.25, 0.3) is 0 Å². The minimum Gasteiger partial charge on any atom is -0.542 e. The summed E-state index contributed by atoms with van der Waals surface area (Å²) in [7, 11) is 0. The molecular formula is C11H10ClNaO3. The zero-order valence-electron chi connectivity index (χ0n) is 9.41. The van der Waals surface area contributed by atoms with Gasteiger partial charge in [-0.25, -0.2) is 0 Å². The number of ketones is 1. The summed E-state index contributed by atoms with van der Waals surface area (Å²) in [5.74, 6) is -2.61. The van der Waals surface area contributed by atoms with Gasteiger partial charge >= 0.3 is 29.6 Å². The molecule has 3 nitrogen and oxygen atoms in total. The molecule has 0 aliphatic heterocycles. The van der Waals surface area contributed by atoms with Crippen molar-refractivity contribution in [3.63, 3.8) is 0 Å². The molecule has 0 amide bonds. The quantitative estimate of drug-likeness (QED) is 0.457. The molecule has 1 aromatic carbocycles. The summed E-state index contributed by atoms with van der Waals surface area (Å²) in [5.41, 5.74) is -0.496. The third-order valence-electron chi connectivity index (χ3n) is 2.32. The van der Waals surface area contributed by atoms with Crippen LogP contribution in [0.2, 0.25) is 5.02 Å². The van der Waals surface area contributed by atoms with E-state index in [2.05, 4.69) is 0 Å². The number of hydrogen-bond acceptors (Lipinski definition) is 3. The van der Waals surface area contributed by atoms with E-state index < -0.39 is 17.2 Å². The van der Waals surface area contributed by atoms with E-state index in [0.29, 0.717) is 10.6 Å². The van der Waals surface area contributed by atoms with Gasteiger partial charge in [-0.3, -0.25) is 4.79 Å². The molecule has 5 heteroatoms. The molecule has 1 aromatic rings. The second-order valence-corrected chi connectivity index (χ2v) is 4.18. The Morgan fingerprint density at radius 2 is 1.62 bits per heavy atom. The average molecular weight is 249 g/mol. The number of carbonyl (C=O) groups excluding carboxylic acids is 2. The predicted octanol–water partition coefficient (Wildman–Crippen LogP) is -2.06. The summed E-state index contributed by atoms with van der Waals surface area (Å²) in [6.07, 6.45) is 0. The second kappa shape index (κ2) is 5.82. The molecular weight excluding hydrogens is 239 g/mol. The van der Waals surface area contributed by atoms with Crippen molar-refractivity contribution >= 4 is 23.4 Å². The van der Waals surface area contributed by atoms with Crippen molar-refractivity contribution in [2.75, 3.05) is 0 Å². The van der Waals surface area contributed by atoms with Crippen LogP contribution >= 0.6 is 11.6 Å². The van der Waals surface area contributed by atoms with Gasteiger partial charge in [0.1, 0.15) is 5.97 Å². The number of carboxylic acids is 1. The van der Waals surface area contributed by atoms with E-state index in [-0.39, 0.29) is 29.6 Å². The summed E-state index contributed by atoms with van der Waals surface area (Å²) in [5, 5.41) is 11.0. The molecule has 1 rings (SSSR count). The van der Waals surface area contributed by atoms with E-state index >= 15 is 0 Å². The Morgan fingerprint density at radius 1 is 1.19 bits per heavy atom. The Hall–Kier alpha value is -0.350. The molecule has 0 N–H and O–H groups in total. The first-order chi connectivity index (χ1) is 6.85. The van der Waals surface area contributed by atoms with Crippen molar-refractivity contribution in [1.29, 1.82) is 0 Å². The van der Waals surface area contributed by atoms with Gasteiger partial charge in [0.15, 0.2) is 5.78 Å². The number of hydrogen-bond donors (Lipinski definition) is 0. The number of Topliss-reactive ketones (excluding diaryl/α,β-unsaturated/α-hetero) is 1. The molecule has 0 aliphatic carbocycles. The monoisotopic (exact) mass is 248 g/mol. The number of carbonyl (C=O) groups is 2. The van der Waals surface area contributed by atoms with Gasteiger partial charge in [-0.05, 0) is 31.5 Å². The molecule has 0 saturated heterocycles. The van der Waals surface area contributed by atoms with Crippen molar-refractivity contribution in [2.45, 2.75) is 19.3 Å². The van der Waals surface area contributed by atoms with Gasteiger partial charge in [0.05, 0.1) is 5.41 Å². The Bertz CT molecular complexity index is 398. The Kier molecular flexibility index (Phi) is 5.70. The smallest absolute Gasteiger partial charge is 0.542 e. The maximum Gasteiger partial charge on any atom is 1.00 e. The van der Waals surface area contributed by atoms with Gasteiger partial charge in [-0.1, -0.05) is 23.7 Å². The van der Waals surface area contributed by atoms with E-state index in [1.165, 1.54) is 13.8 Å². The van der Waals surface area contributed by atoms with Crippen LogP contribution in [0.15, 0.2) is 24.3 Å². The third kappa shape index (κ3) is 3.32. The van der Waals surface area contributed by atoms with Crippen LogP contribution in [-0.4, -0.2) is 11.8 Å². The summed E-state index contributed by atoms with van der Waals surface area (Å²) >= 11 is 5.69. The summed E-state index contributed by atoms with van der Waals surface area (Å²) in [4.78, 5) is 21.9. The molecule has 0 bridgehead atoms. The normalized spacial score (nSPS) is 10.4. The van der Waals surface area contributed by atoms with Gasteiger partial charge < -0.3 is 9.90 Å². The number of benzene rings is 1. The van der Waals surface area contributed by atoms with Crippen molar-refractivity contribution in [3.8, 4) is 0 Å². The molecule has 0 spiro atoms. The molecule has 0 radical (unpaired) electrons. The van der Waals surface area contributed by atoms with Crippen LogP contribution in [0, 0.1) is 0 Å². The fourth-order valence-electron chi connectivity index (χ4n) is 1.25. The molecule has 0 unspecified atom stereocenters. The van der Waals surface area contributed by atoms with Gasteiger partial charge in [0.2, 0.25) is 0 Å². The number of halogens is 1. The molecule has 0 aliphatic rings. The van der Waals surface area contributed by atoms with E-state index in [4.69, 9.17) is 11.6 Å². The first kappa shape index (κ1) is 15.7. The van der Waals surface area contributed by atoms with Gasteiger partial charge in [-0.2, -0.15) is 0 Å². The Labute approximate surface area is 121 Å². The molecule has 0 atom stereocenters. The molecule has 0 fully saturated rings. The fourth-order valence-corrected chi connectivity index (χ4v) is 1.38. The standard InChI is InChI=1S/C11H11ClO3.Na/c1-11(2,9(13)10(14)15)7-3-5-8(12)6-4-7;/h3-6H,1-2H3,(H,14,15);/q;+1/p-1. The summed E-state index contributed by atoms with van der Waals surface area (Å²) in [6.45, 7) is 3.07. The number of carboxylic acid groups (broad SMARTS) is 1. The molecule has 0 aromatic heterocycles. The predicted molar refractivity (Wildman–Crippen MR) is 54.5 cm³/mol. The maximum atomic E-state index is 11.4. The molecule has 16 heavy (non-hydrogen) atoms. The van der Waals surface area contributed by atoms with Crippen LogP contribution in [0.1, 0.15) is 19.4 Å². The van der Waals surface area contributed by atoms with E-state index in [9.17, 15) is 14.7 Å². The van der Waals surface area contributed by atoms with Crippen LogP contribution in [0.5, 0.6) is 0 Å². The van der Waals surface area contributed by atoms with Crippen LogP contribution in [-0.2, 0) is 15.0 Å². The average Bonchev–Trinajstić information content (AvgIpc) is 2.17. The molecule has 80 valence electrons. The van der Waals surface area contributed by atoms with E-state index in [1.807, 2.05) is 0 Å². The topological polar surface area (TPSA) is 57.2 Å². The Balaban J connectivity index is 0.00000225. The van der Waals surface area contributed by atoms with Crippen molar-refractivity contribution in [3.05, 3.63) is 34.9 Å². The zero-order chi connectivity index (χ0) is 11.6. The first-order valence-corrected chi connectivity index (χ1v) is 4.75. The summed E-state index contributed by atoms with van der Waals surface area (Å²) in [6, 6.07) is 6.48. The van der Waals surface area contributed by atoms with Crippen LogP contribution in [0.25, 0.3) is 0 Å². The SMILES string of the molecule is CC(C)(C(=O)C(=O)[O-])c1ccc(Cl)cc1.[Na+]. The molecule has 0 saturated carbocycles. The zero-order valence-corrected chi connectivity index (χ0v) is 12.2. The van der Waals surface area contributed by atoms with Gasteiger partial charge in [-0.15, -0.1) is 0 Å². The van der Waals surface area contributed by atoms with Gasteiger partial charge in [0, 0.05) is 5.02 Å². The fraction of sp³-hybridized carbons (Fsp3) is 0.273. The minimum absolute atomic E-state index is 0. The van der Waals surface area contributed by atoms with E-state index in [0.717, 1.165) is 0 Å². The van der Waals surface area contributed by atoms with Crippen molar-refractivity contribution in [1.82, 2.24) is 0 Å². The van der Waals surface area contributed by atoms with Crippen LogP contribution in [0.3, 0.4) is 0 Å². The van der Waals surface area contributed by atoms with Crippen LogP contribution < -0.4 is 34.7 Å². The summed E-state index contributed by atoms with van der Waals surface area (Å²) < 4.78 is 0. The van der Waals surface area contributed by atoms with E-state index in [1.54, 1.807) is 24.3 Å². The maximum absolute atomic E-state index is 11.4. The first-order valence-electron chi connectivity index (χ1n) is 4.37. The Morgan fingerprint density at radius 3 is 2.00 bits per heavy atom. The van der Waals surface area contributed by atoms with Crippen molar-refractivity contribution in [2.24, 2.45) is 0 Å². The third-order valence-corrected chi connectivity index (χ3v) is 2.57. The number of aliphatic carboxylic acids is 1. The minimum atomic E-state index is -1.67. The molecule has 0 heterocycles. The van der Waals surface area contributed by atoms with Crippen LogP contribution in [0.4, 0.5) is 0 Å².